The number of primary amides is 1. The van der Waals surface area contributed by atoms with Crippen LogP contribution < -0.4 is 5.73 Å². The summed E-state index contributed by atoms with van der Waals surface area (Å²) in [5.41, 5.74) is 6.44. The Hall–Kier alpha value is -2.08. The van der Waals surface area contributed by atoms with E-state index in [4.69, 9.17) is 10.5 Å². The van der Waals surface area contributed by atoms with Crippen molar-refractivity contribution in [3.63, 3.8) is 0 Å². The number of benzene rings is 1. The fraction of sp³-hybridized carbons (Fsp3) is 0.556. The second-order valence-corrected chi connectivity index (χ2v) is 6.59. The number of ether oxygens (including phenoxy) is 1. The molecule has 2 heterocycles. The molecule has 0 saturated carbocycles. The average Bonchev–Trinajstić information content (AvgIpc) is 3.09. The molecule has 2 aliphatic heterocycles. The Kier molecular flexibility index (Phi) is 5.35. The number of nitrogens with two attached hydrogens (primary N) is 1. The van der Waals surface area contributed by atoms with Gasteiger partial charge < -0.3 is 20.3 Å². The number of rotatable bonds is 4. The Morgan fingerprint density at radius 3 is 2.38 bits per heavy atom. The molecule has 2 N–H and O–H groups in total. The van der Waals surface area contributed by atoms with Crippen molar-refractivity contribution in [1.82, 2.24) is 9.80 Å². The van der Waals surface area contributed by atoms with Gasteiger partial charge in [0.05, 0.1) is 12.7 Å². The van der Waals surface area contributed by atoms with Crippen LogP contribution in [0.1, 0.15) is 24.8 Å². The maximum absolute atomic E-state index is 12.6. The number of likely N-dealkylation sites (tertiary alicyclic amines) is 2. The van der Waals surface area contributed by atoms with Crippen molar-refractivity contribution in [3.05, 3.63) is 35.9 Å². The average molecular weight is 331 g/mol. The Labute approximate surface area is 142 Å². The summed E-state index contributed by atoms with van der Waals surface area (Å²) in [4.78, 5) is 27.3. The molecule has 3 amide bonds. The van der Waals surface area contributed by atoms with E-state index in [1.165, 1.54) is 0 Å². The molecule has 2 fully saturated rings. The van der Waals surface area contributed by atoms with Crippen LogP contribution in [0.4, 0.5) is 4.79 Å². The highest BCUT2D eigenvalue weighted by molar-refractivity contribution is 5.80. The number of nitrogens with zero attached hydrogens (tertiary/aromatic N) is 2. The zero-order chi connectivity index (χ0) is 16.9. The third kappa shape index (κ3) is 4.06. The van der Waals surface area contributed by atoms with Gasteiger partial charge in [0, 0.05) is 32.1 Å². The number of hydrogen-bond donors (Lipinski definition) is 1. The topological polar surface area (TPSA) is 75.9 Å². The first-order chi connectivity index (χ1) is 11.6. The fourth-order valence-electron chi connectivity index (χ4n) is 3.46. The van der Waals surface area contributed by atoms with Crippen molar-refractivity contribution in [3.8, 4) is 0 Å². The summed E-state index contributed by atoms with van der Waals surface area (Å²) in [6.45, 7) is 3.17. The van der Waals surface area contributed by atoms with E-state index in [-0.39, 0.29) is 17.9 Å². The quantitative estimate of drug-likeness (QED) is 0.910. The first-order valence-electron chi connectivity index (χ1n) is 8.62. The molecule has 0 radical (unpaired) electrons. The Balaban J connectivity index is 1.43. The standard InChI is InChI=1S/C18H25N3O3/c19-18(23)20-9-6-15(7-10-20)17(22)21-11-8-16(12-21)24-13-14-4-2-1-3-5-14/h1-5,15-16H,6-13H2,(H2,19,23). The lowest BCUT2D eigenvalue weighted by Gasteiger charge is -2.32. The SMILES string of the molecule is NC(=O)N1CCC(C(=O)N2CCC(OCc3ccccc3)C2)CC1. The highest BCUT2D eigenvalue weighted by Crippen LogP contribution is 2.23. The molecule has 6 nitrogen and oxygen atoms in total. The normalized spacial score (nSPS) is 21.9. The zero-order valence-corrected chi connectivity index (χ0v) is 13.9. The predicted octanol–water partition coefficient (Wildman–Crippen LogP) is 1.59. The van der Waals surface area contributed by atoms with E-state index in [1.807, 2.05) is 35.2 Å². The molecule has 1 unspecified atom stereocenters. The van der Waals surface area contributed by atoms with Crippen LogP contribution in [0.2, 0.25) is 0 Å². The highest BCUT2D eigenvalue weighted by atomic mass is 16.5. The lowest BCUT2D eigenvalue weighted by atomic mass is 9.95. The first kappa shape index (κ1) is 16.8. The minimum atomic E-state index is -0.392. The number of piperidine rings is 1. The lowest BCUT2D eigenvalue weighted by molar-refractivity contribution is -0.136. The summed E-state index contributed by atoms with van der Waals surface area (Å²) in [5, 5.41) is 0. The van der Waals surface area contributed by atoms with Crippen LogP contribution in [0.25, 0.3) is 0 Å². The Morgan fingerprint density at radius 2 is 1.71 bits per heavy atom. The number of urea groups is 1. The minimum Gasteiger partial charge on any atom is -0.372 e. The summed E-state index contributed by atoms with van der Waals surface area (Å²) >= 11 is 0. The second-order valence-electron chi connectivity index (χ2n) is 6.59. The smallest absolute Gasteiger partial charge is 0.314 e. The van der Waals surface area contributed by atoms with Gasteiger partial charge in [0.15, 0.2) is 0 Å². The van der Waals surface area contributed by atoms with Gasteiger partial charge in [0.2, 0.25) is 5.91 Å². The van der Waals surface area contributed by atoms with E-state index >= 15 is 0 Å². The second kappa shape index (κ2) is 7.66. The van der Waals surface area contributed by atoms with Crippen LogP contribution in [-0.2, 0) is 16.1 Å². The van der Waals surface area contributed by atoms with Crippen LogP contribution in [0.15, 0.2) is 30.3 Å². The molecular formula is C18H25N3O3. The summed E-state index contributed by atoms with van der Waals surface area (Å²) in [6.07, 6.45) is 2.40. The van der Waals surface area contributed by atoms with Gasteiger partial charge in [-0.05, 0) is 24.8 Å². The van der Waals surface area contributed by atoms with E-state index in [0.29, 0.717) is 39.1 Å². The molecule has 0 aliphatic carbocycles. The van der Waals surface area contributed by atoms with Crippen molar-refractivity contribution in [1.29, 1.82) is 0 Å². The van der Waals surface area contributed by atoms with E-state index in [9.17, 15) is 9.59 Å². The van der Waals surface area contributed by atoms with Gasteiger partial charge in [-0.2, -0.15) is 0 Å². The van der Waals surface area contributed by atoms with Crippen LogP contribution in [0.3, 0.4) is 0 Å². The Bertz CT molecular complexity index is 570. The van der Waals surface area contributed by atoms with Crippen molar-refractivity contribution in [2.45, 2.75) is 32.0 Å². The minimum absolute atomic E-state index is 0.00785. The van der Waals surface area contributed by atoms with Crippen LogP contribution in [0, 0.1) is 5.92 Å². The van der Waals surface area contributed by atoms with Gasteiger partial charge in [-0.15, -0.1) is 0 Å². The summed E-state index contributed by atoms with van der Waals surface area (Å²) in [7, 11) is 0. The molecule has 6 heteroatoms. The molecule has 1 aromatic carbocycles. The summed E-state index contributed by atoms with van der Waals surface area (Å²) in [5.74, 6) is 0.207. The van der Waals surface area contributed by atoms with Crippen LogP contribution in [0.5, 0.6) is 0 Å². The third-order valence-corrected chi connectivity index (χ3v) is 4.94. The monoisotopic (exact) mass is 331 g/mol. The number of carbonyl (C=O) groups is 2. The fourth-order valence-corrected chi connectivity index (χ4v) is 3.46. The third-order valence-electron chi connectivity index (χ3n) is 4.94. The van der Waals surface area contributed by atoms with Gasteiger partial charge in [-0.3, -0.25) is 4.79 Å². The number of amides is 3. The maximum Gasteiger partial charge on any atom is 0.314 e. The molecule has 0 spiro atoms. The molecule has 0 bridgehead atoms. The van der Waals surface area contributed by atoms with Gasteiger partial charge in [-0.25, -0.2) is 4.79 Å². The molecule has 24 heavy (non-hydrogen) atoms. The summed E-state index contributed by atoms with van der Waals surface area (Å²) in [6, 6.07) is 9.69. The number of carbonyl (C=O) groups excluding carboxylic acids is 2. The molecule has 1 aromatic rings. The largest absolute Gasteiger partial charge is 0.372 e. The van der Waals surface area contributed by atoms with Crippen LogP contribution in [-0.4, -0.2) is 54.0 Å². The van der Waals surface area contributed by atoms with Crippen molar-refractivity contribution in [2.24, 2.45) is 11.7 Å². The molecular weight excluding hydrogens is 306 g/mol. The molecule has 2 aliphatic rings. The van der Waals surface area contributed by atoms with Crippen molar-refractivity contribution >= 4 is 11.9 Å². The molecule has 2 saturated heterocycles. The molecule has 1 atom stereocenters. The van der Waals surface area contributed by atoms with E-state index < -0.39 is 6.03 Å². The van der Waals surface area contributed by atoms with E-state index in [2.05, 4.69) is 0 Å². The lowest BCUT2D eigenvalue weighted by Crippen LogP contribution is -2.45. The van der Waals surface area contributed by atoms with Crippen molar-refractivity contribution in [2.75, 3.05) is 26.2 Å². The predicted molar refractivity (Wildman–Crippen MR) is 90.1 cm³/mol. The van der Waals surface area contributed by atoms with Crippen molar-refractivity contribution < 1.29 is 14.3 Å². The highest BCUT2D eigenvalue weighted by Gasteiger charge is 2.33. The van der Waals surface area contributed by atoms with Gasteiger partial charge >= 0.3 is 6.03 Å². The molecule has 0 aromatic heterocycles. The van der Waals surface area contributed by atoms with E-state index in [0.717, 1.165) is 18.5 Å². The van der Waals surface area contributed by atoms with Gasteiger partial charge in [-0.1, -0.05) is 30.3 Å². The first-order valence-corrected chi connectivity index (χ1v) is 8.62. The summed E-state index contributed by atoms with van der Waals surface area (Å²) < 4.78 is 5.94. The maximum atomic E-state index is 12.6. The molecule has 130 valence electrons. The zero-order valence-electron chi connectivity index (χ0n) is 13.9. The molecule has 3 rings (SSSR count). The van der Waals surface area contributed by atoms with Crippen LogP contribution >= 0.6 is 0 Å². The number of hydrogen-bond acceptors (Lipinski definition) is 3. The van der Waals surface area contributed by atoms with Gasteiger partial charge in [0.1, 0.15) is 0 Å². The Morgan fingerprint density at radius 1 is 1.04 bits per heavy atom. The van der Waals surface area contributed by atoms with Gasteiger partial charge in [0.25, 0.3) is 0 Å². The van der Waals surface area contributed by atoms with E-state index in [1.54, 1.807) is 4.90 Å².